The van der Waals surface area contributed by atoms with Gasteiger partial charge in [0.2, 0.25) is 0 Å². The minimum atomic E-state index is -0.651. The first kappa shape index (κ1) is 8.12. The maximum Gasteiger partial charge on any atom is 0.363 e. The van der Waals surface area contributed by atoms with E-state index < -0.39 is 5.82 Å². The molecule has 2 aromatic rings. The molecule has 0 spiro atoms. The summed E-state index contributed by atoms with van der Waals surface area (Å²) in [5, 5.41) is 0. The van der Waals surface area contributed by atoms with E-state index in [1.165, 1.54) is 6.07 Å². The Morgan fingerprint density at radius 3 is 2.54 bits per heavy atom. The number of rotatable bonds is 1. The smallest absolute Gasteiger partial charge is 0.363 e. The van der Waals surface area contributed by atoms with Crippen LogP contribution in [0.5, 0.6) is 0 Å². The van der Waals surface area contributed by atoms with Gasteiger partial charge in [0.05, 0.1) is 5.56 Å². The minimum Gasteiger partial charge on any atom is -0.413 e. The van der Waals surface area contributed by atoms with Crippen molar-refractivity contribution in [3.05, 3.63) is 28.4 Å². The number of aldehydes is 1. The molecule has 1 aromatic heterocycles. The van der Waals surface area contributed by atoms with Gasteiger partial charge in [0, 0.05) is 18.3 Å². The molecule has 0 fully saturated rings. The second-order valence-corrected chi connectivity index (χ2v) is 2.73. The van der Waals surface area contributed by atoms with Gasteiger partial charge in [-0.25, -0.2) is 4.39 Å². The Hall–Kier alpha value is -1.49. The van der Waals surface area contributed by atoms with Crippen LogP contribution < -0.4 is 0 Å². The predicted molar refractivity (Wildman–Crippen MR) is 44.7 cm³/mol. The van der Waals surface area contributed by atoms with Crippen LogP contribution in [0.15, 0.2) is 21.0 Å². The van der Waals surface area contributed by atoms with Gasteiger partial charge in [-0.2, -0.15) is 0 Å². The molecule has 0 aliphatic carbocycles. The fourth-order valence-corrected chi connectivity index (χ4v) is 1.18. The van der Waals surface area contributed by atoms with Crippen molar-refractivity contribution < 1.29 is 18.0 Å². The normalized spacial score (nSPS) is 10.5. The summed E-state index contributed by atoms with van der Waals surface area (Å²) in [6, 6.07) is 2.31. The Kier molecular flexibility index (Phi) is 1.73. The molecule has 2 rings (SSSR count). The van der Waals surface area contributed by atoms with Crippen molar-refractivity contribution in [1.82, 2.24) is 0 Å². The largest absolute Gasteiger partial charge is 0.413 e. The average molecular weight is 198 g/mol. The van der Waals surface area contributed by atoms with E-state index >= 15 is 0 Å². The summed E-state index contributed by atoms with van der Waals surface area (Å²) in [7, 11) is 0. The summed E-state index contributed by atoms with van der Waals surface area (Å²) >= 11 is 4.59. The van der Waals surface area contributed by atoms with E-state index in [0.717, 1.165) is 6.07 Å². The molecule has 0 saturated carbocycles. The molecule has 0 amide bonds. The van der Waals surface area contributed by atoms with E-state index in [2.05, 4.69) is 12.2 Å². The highest BCUT2D eigenvalue weighted by molar-refractivity contribution is 7.71. The van der Waals surface area contributed by atoms with Gasteiger partial charge in [-0.1, -0.05) is 0 Å². The molecule has 0 unspecified atom stereocenters. The first-order chi connectivity index (χ1) is 6.20. The van der Waals surface area contributed by atoms with Crippen LogP contribution in [0.25, 0.3) is 11.2 Å². The quantitative estimate of drug-likeness (QED) is 0.522. The zero-order valence-electron chi connectivity index (χ0n) is 6.24. The third-order valence-corrected chi connectivity index (χ3v) is 1.74. The monoisotopic (exact) mass is 198 g/mol. The number of hydrogen-bond donors (Lipinski definition) is 0. The van der Waals surface area contributed by atoms with Crippen molar-refractivity contribution in [3.8, 4) is 0 Å². The molecule has 3 nitrogen and oxygen atoms in total. The third-order valence-electron chi connectivity index (χ3n) is 1.58. The van der Waals surface area contributed by atoms with Crippen LogP contribution in [0.1, 0.15) is 10.4 Å². The van der Waals surface area contributed by atoms with E-state index in [1.807, 2.05) is 0 Å². The fourth-order valence-electron chi connectivity index (χ4n) is 1.00. The van der Waals surface area contributed by atoms with Gasteiger partial charge in [0.25, 0.3) is 0 Å². The number of carbonyl (C=O) groups excluding carboxylic acids is 1. The molecule has 0 atom stereocenters. The molecule has 0 aliphatic rings. The summed E-state index contributed by atoms with van der Waals surface area (Å²) in [6.45, 7) is 0. The van der Waals surface area contributed by atoms with Crippen LogP contribution >= 0.6 is 12.2 Å². The van der Waals surface area contributed by atoms with Crippen molar-refractivity contribution >= 4 is 29.7 Å². The first-order valence-corrected chi connectivity index (χ1v) is 3.80. The number of benzene rings is 1. The Morgan fingerprint density at radius 2 is 1.92 bits per heavy atom. The molecule has 13 heavy (non-hydrogen) atoms. The molecular formula is C8H3FO3S. The molecule has 0 aliphatic heterocycles. The highest BCUT2D eigenvalue weighted by Gasteiger charge is 2.08. The van der Waals surface area contributed by atoms with Crippen LogP contribution in [0, 0.1) is 10.7 Å². The summed E-state index contributed by atoms with van der Waals surface area (Å²) < 4.78 is 22.7. The van der Waals surface area contributed by atoms with Gasteiger partial charge in [-0.15, -0.1) is 0 Å². The van der Waals surface area contributed by atoms with Gasteiger partial charge < -0.3 is 8.83 Å². The zero-order chi connectivity index (χ0) is 9.42. The van der Waals surface area contributed by atoms with Gasteiger partial charge in [0.1, 0.15) is 5.82 Å². The van der Waals surface area contributed by atoms with Gasteiger partial charge >= 0.3 is 4.90 Å². The topological polar surface area (TPSA) is 43.4 Å². The van der Waals surface area contributed by atoms with Crippen LogP contribution in [-0.4, -0.2) is 6.29 Å². The third kappa shape index (κ3) is 1.27. The maximum atomic E-state index is 13.0. The highest BCUT2D eigenvalue weighted by atomic mass is 32.1. The standard InChI is InChI=1S/C8H3FO3S/c9-5-2-7-6(1-4(5)3-10)11-8(13)12-7/h1-3H. The molecule has 66 valence electrons. The van der Waals surface area contributed by atoms with E-state index in [0.29, 0.717) is 6.29 Å². The molecule has 1 heterocycles. The minimum absolute atomic E-state index is 0.0768. The van der Waals surface area contributed by atoms with Crippen LogP contribution in [0.2, 0.25) is 0 Å². The van der Waals surface area contributed by atoms with Crippen molar-refractivity contribution in [2.45, 2.75) is 0 Å². The lowest BCUT2D eigenvalue weighted by molar-refractivity contribution is 0.112. The lowest BCUT2D eigenvalue weighted by Crippen LogP contribution is -1.85. The van der Waals surface area contributed by atoms with Gasteiger partial charge in [0.15, 0.2) is 17.5 Å². The SMILES string of the molecule is O=Cc1cc2oc(=S)oc2cc1F. The van der Waals surface area contributed by atoms with E-state index in [4.69, 9.17) is 8.83 Å². The number of carbonyl (C=O) groups is 1. The molecular weight excluding hydrogens is 195 g/mol. The number of halogens is 1. The van der Waals surface area contributed by atoms with Gasteiger partial charge in [-0.05, 0) is 6.07 Å². The van der Waals surface area contributed by atoms with Crippen molar-refractivity contribution in [3.63, 3.8) is 0 Å². The molecule has 0 saturated heterocycles. The first-order valence-electron chi connectivity index (χ1n) is 3.39. The molecule has 0 radical (unpaired) electrons. The second-order valence-electron chi connectivity index (χ2n) is 2.39. The number of fused-ring (bicyclic) bond motifs is 1. The van der Waals surface area contributed by atoms with Crippen molar-refractivity contribution in [2.75, 3.05) is 0 Å². The second kappa shape index (κ2) is 2.77. The lowest BCUT2D eigenvalue weighted by atomic mass is 10.2. The fraction of sp³-hybridized carbons (Fsp3) is 0. The zero-order valence-corrected chi connectivity index (χ0v) is 7.06. The Morgan fingerprint density at radius 1 is 1.31 bits per heavy atom. The van der Waals surface area contributed by atoms with E-state index in [-0.39, 0.29) is 21.6 Å². The van der Waals surface area contributed by atoms with E-state index in [1.54, 1.807) is 0 Å². The van der Waals surface area contributed by atoms with Crippen molar-refractivity contribution in [1.29, 1.82) is 0 Å². The van der Waals surface area contributed by atoms with E-state index in [9.17, 15) is 9.18 Å². The number of hydrogen-bond acceptors (Lipinski definition) is 4. The van der Waals surface area contributed by atoms with Gasteiger partial charge in [-0.3, -0.25) is 4.79 Å². The lowest BCUT2D eigenvalue weighted by Gasteiger charge is -1.91. The molecule has 5 heteroatoms. The van der Waals surface area contributed by atoms with Crippen LogP contribution in [-0.2, 0) is 0 Å². The Bertz CT molecular complexity index is 526. The van der Waals surface area contributed by atoms with Crippen LogP contribution in [0.3, 0.4) is 0 Å². The molecule has 0 bridgehead atoms. The summed E-state index contributed by atoms with van der Waals surface area (Å²) in [6.07, 6.45) is 0.403. The maximum absolute atomic E-state index is 13.0. The van der Waals surface area contributed by atoms with Crippen LogP contribution in [0.4, 0.5) is 4.39 Å². The summed E-state index contributed by atoms with van der Waals surface area (Å²) in [4.78, 5) is 10.3. The summed E-state index contributed by atoms with van der Waals surface area (Å²) in [5.74, 6) is -0.651. The molecule has 0 N–H and O–H groups in total. The average Bonchev–Trinajstić information content (AvgIpc) is 2.42. The molecule has 1 aromatic carbocycles. The predicted octanol–water partition coefficient (Wildman–Crippen LogP) is 2.71. The highest BCUT2D eigenvalue weighted by Crippen LogP contribution is 2.20. The van der Waals surface area contributed by atoms with Crippen molar-refractivity contribution in [2.24, 2.45) is 0 Å². The Balaban J connectivity index is 2.87. The summed E-state index contributed by atoms with van der Waals surface area (Å²) in [5.41, 5.74) is 0.397. The Labute approximate surface area is 76.8 Å².